The van der Waals surface area contributed by atoms with E-state index in [0.717, 1.165) is 32.2 Å². The normalized spacial score (nSPS) is 27.6. The Kier molecular flexibility index (Phi) is 5.73. The van der Waals surface area contributed by atoms with E-state index in [4.69, 9.17) is 5.11 Å². The lowest BCUT2D eigenvalue weighted by Gasteiger charge is -2.26. The first kappa shape index (κ1) is 13.4. The fourth-order valence-corrected chi connectivity index (χ4v) is 2.18. The van der Waals surface area contributed by atoms with Crippen molar-refractivity contribution in [1.82, 2.24) is 5.32 Å². The second-order valence-corrected chi connectivity index (χ2v) is 4.60. The molecule has 94 valence electrons. The Morgan fingerprint density at radius 2 is 2.19 bits per heavy atom. The molecule has 1 aliphatic rings. The molecule has 0 aromatic heterocycles. The van der Waals surface area contributed by atoms with Crippen LogP contribution >= 0.6 is 0 Å². The SMILES string of the molecule is O=C(O)CC(O)CNCC1CCCC(O)C1. The van der Waals surface area contributed by atoms with Crippen molar-refractivity contribution in [3.63, 3.8) is 0 Å². The van der Waals surface area contributed by atoms with Gasteiger partial charge in [-0.25, -0.2) is 0 Å². The second-order valence-electron chi connectivity index (χ2n) is 4.60. The maximum Gasteiger partial charge on any atom is 0.306 e. The minimum atomic E-state index is -0.984. The molecule has 4 N–H and O–H groups in total. The number of hydrogen-bond acceptors (Lipinski definition) is 4. The quantitative estimate of drug-likeness (QED) is 0.515. The molecule has 3 atom stereocenters. The lowest BCUT2D eigenvalue weighted by atomic mass is 9.87. The number of carboxylic acid groups (broad SMARTS) is 1. The van der Waals surface area contributed by atoms with Crippen molar-refractivity contribution in [2.75, 3.05) is 13.1 Å². The highest BCUT2D eigenvalue weighted by Gasteiger charge is 2.20. The zero-order chi connectivity index (χ0) is 12.0. The average molecular weight is 231 g/mol. The third-order valence-electron chi connectivity index (χ3n) is 2.98. The summed E-state index contributed by atoms with van der Waals surface area (Å²) >= 11 is 0. The van der Waals surface area contributed by atoms with Crippen LogP contribution in [0.2, 0.25) is 0 Å². The van der Waals surface area contributed by atoms with E-state index in [9.17, 15) is 15.0 Å². The molecule has 0 aliphatic heterocycles. The summed E-state index contributed by atoms with van der Waals surface area (Å²) in [4.78, 5) is 10.3. The number of nitrogens with one attached hydrogen (secondary N) is 1. The molecule has 3 unspecified atom stereocenters. The van der Waals surface area contributed by atoms with Gasteiger partial charge >= 0.3 is 5.97 Å². The predicted molar refractivity (Wildman–Crippen MR) is 59.1 cm³/mol. The Balaban J connectivity index is 2.08. The summed E-state index contributed by atoms with van der Waals surface area (Å²) in [5, 5.41) is 30.3. The zero-order valence-electron chi connectivity index (χ0n) is 9.43. The molecule has 0 aromatic carbocycles. The molecule has 1 saturated carbocycles. The van der Waals surface area contributed by atoms with Gasteiger partial charge in [0, 0.05) is 6.54 Å². The molecule has 0 radical (unpaired) electrons. The minimum absolute atomic E-state index is 0.190. The van der Waals surface area contributed by atoms with Crippen LogP contribution in [0.3, 0.4) is 0 Å². The van der Waals surface area contributed by atoms with Gasteiger partial charge in [-0.15, -0.1) is 0 Å². The highest BCUT2D eigenvalue weighted by molar-refractivity contribution is 5.67. The fourth-order valence-electron chi connectivity index (χ4n) is 2.18. The van der Waals surface area contributed by atoms with Crippen LogP contribution in [0.1, 0.15) is 32.1 Å². The number of carbonyl (C=O) groups is 1. The highest BCUT2D eigenvalue weighted by Crippen LogP contribution is 2.23. The van der Waals surface area contributed by atoms with Crippen molar-refractivity contribution in [3.05, 3.63) is 0 Å². The molecule has 1 fully saturated rings. The molecule has 0 saturated heterocycles. The van der Waals surface area contributed by atoms with E-state index in [1.54, 1.807) is 0 Å². The van der Waals surface area contributed by atoms with Crippen molar-refractivity contribution < 1.29 is 20.1 Å². The molecule has 0 aromatic rings. The number of aliphatic hydroxyl groups excluding tert-OH is 2. The molecule has 16 heavy (non-hydrogen) atoms. The van der Waals surface area contributed by atoms with Crippen LogP contribution < -0.4 is 5.32 Å². The van der Waals surface area contributed by atoms with Crippen molar-refractivity contribution >= 4 is 5.97 Å². The van der Waals surface area contributed by atoms with Crippen molar-refractivity contribution in [3.8, 4) is 0 Å². The molecular weight excluding hydrogens is 210 g/mol. The summed E-state index contributed by atoms with van der Waals surface area (Å²) in [6.07, 6.45) is 2.60. The maximum atomic E-state index is 10.3. The number of aliphatic hydroxyl groups is 2. The van der Waals surface area contributed by atoms with Crippen molar-refractivity contribution in [2.45, 2.75) is 44.3 Å². The number of carboxylic acids is 1. The Morgan fingerprint density at radius 3 is 2.81 bits per heavy atom. The topological polar surface area (TPSA) is 89.8 Å². The monoisotopic (exact) mass is 231 g/mol. The van der Waals surface area contributed by atoms with Crippen LogP contribution in [0.5, 0.6) is 0 Å². The van der Waals surface area contributed by atoms with Gasteiger partial charge in [0.15, 0.2) is 0 Å². The van der Waals surface area contributed by atoms with Crippen LogP contribution in [0, 0.1) is 5.92 Å². The number of aliphatic carboxylic acids is 1. The van der Waals surface area contributed by atoms with E-state index in [2.05, 4.69) is 5.32 Å². The molecule has 1 rings (SSSR count). The van der Waals surface area contributed by atoms with Gasteiger partial charge in [0.05, 0.1) is 18.6 Å². The van der Waals surface area contributed by atoms with Crippen LogP contribution in [-0.2, 0) is 4.79 Å². The highest BCUT2D eigenvalue weighted by atomic mass is 16.4. The number of hydrogen-bond donors (Lipinski definition) is 4. The van der Waals surface area contributed by atoms with Crippen molar-refractivity contribution in [2.24, 2.45) is 5.92 Å². The van der Waals surface area contributed by atoms with Crippen LogP contribution in [0.15, 0.2) is 0 Å². The number of rotatable bonds is 6. The molecule has 1 aliphatic carbocycles. The van der Waals surface area contributed by atoms with E-state index in [1.165, 1.54) is 0 Å². The predicted octanol–water partition coefficient (Wildman–Crippen LogP) is -0.0373. The third-order valence-corrected chi connectivity index (χ3v) is 2.98. The van der Waals surface area contributed by atoms with Gasteiger partial charge in [0.2, 0.25) is 0 Å². The van der Waals surface area contributed by atoms with Gasteiger partial charge in [-0.05, 0) is 31.7 Å². The van der Waals surface area contributed by atoms with E-state index in [-0.39, 0.29) is 12.5 Å². The first-order valence-electron chi connectivity index (χ1n) is 5.86. The smallest absolute Gasteiger partial charge is 0.306 e. The molecule has 0 heterocycles. The summed E-state index contributed by atoms with van der Waals surface area (Å²) in [5.41, 5.74) is 0. The van der Waals surface area contributed by atoms with Crippen LogP contribution in [-0.4, -0.2) is 46.6 Å². The lowest BCUT2D eigenvalue weighted by molar-refractivity contribution is -0.139. The largest absolute Gasteiger partial charge is 0.481 e. The second kappa shape index (κ2) is 6.83. The minimum Gasteiger partial charge on any atom is -0.481 e. The molecular formula is C11H21NO4. The summed E-state index contributed by atoms with van der Waals surface area (Å²) in [7, 11) is 0. The van der Waals surface area contributed by atoms with E-state index < -0.39 is 12.1 Å². The van der Waals surface area contributed by atoms with Gasteiger partial charge in [0.25, 0.3) is 0 Å². The molecule has 5 heteroatoms. The molecule has 0 spiro atoms. The standard InChI is InChI=1S/C11H21NO4/c13-9-3-1-2-8(4-9)6-12-7-10(14)5-11(15)16/h8-10,12-14H,1-7H2,(H,15,16). The average Bonchev–Trinajstić information content (AvgIpc) is 2.16. The summed E-state index contributed by atoms with van der Waals surface area (Å²) in [5.74, 6) is -0.539. The molecule has 0 bridgehead atoms. The van der Waals surface area contributed by atoms with E-state index in [0.29, 0.717) is 12.5 Å². The van der Waals surface area contributed by atoms with Crippen molar-refractivity contribution in [1.29, 1.82) is 0 Å². The summed E-state index contributed by atoms with van der Waals surface area (Å²) < 4.78 is 0. The Bertz CT molecular complexity index is 222. The van der Waals surface area contributed by atoms with Gasteiger partial charge < -0.3 is 20.6 Å². The summed E-state index contributed by atoms with van der Waals surface area (Å²) in [6.45, 7) is 1.05. The van der Waals surface area contributed by atoms with Gasteiger partial charge in [-0.1, -0.05) is 6.42 Å². The molecule has 5 nitrogen and oxygen atoms in total. The lowest BCUT2D eigenvalue weighted by Crippen LogP contribution is -2.34. The Hall–Kier alpha value is -0.650. The Labute approximate surface area is 95.5 Å². The maximum absolute atomic E-state index is 10.3. The van der Waals surface area contributed by atoms with E-state index >= 15 is 0 Å². The van der Waals surface area contributed by atoms with Gasteiger partial charge in [-0.2, -0.15) is 0 Å². The first-order valence-corrected chi connectivity index (χ1v) is 5.86. The first-order chi connectivity index (χ1) is 7.58. The Morgan fingerprint density at radius 1 is 1.44 bits per heavy atom. The molecule has 0 amide bonds. The van der Waals surface area contributed by atoms with Crippen LogP contribution in [0.25, 0.3) is 0 Å². The van der Waals surface area contributed by atoms with E-state index in [1.807, 2.05) is 0 Å². The summed E-state index contributed by atoms with van der Waals surface area (Å²) in [6, 6.07) is 0. The third kappa shape index (κ3) is 5.44. The zero-order valence-corrected chi connectivity index (χ0v) is 9.43. The van der Waals surface area contributed by atoms with Gasteiger partial charge in [-0.3, -0.25) is 4.79 Å². The van der Waals surface area contributed by atoms with Gasteiger partial charge in [0.1, 0.15) is 0 Å². The fraction of sp³-hybridized carbons (Fsp3) is 0.909. The van der Waals surface area contributed by atoms with Crippen LogP contribution in [0.4, 0.5) is 0 Å².